The summed E-state index contributed by atoms with van der Waals surface area (Å²) in [6, 6.07) is 8.03. The van der Waals surface area contributed by atoms with Crippen LogP contribution in [0.1, 0.15) is 35.6 Å². The SMILES string of the molecule is COCc1ccc(CN2C[C@@H]3CC[C@@](O)(c4ccc(C)cn4)[C@@H]3C2)o1. The highest BCUT2D eigenvalue weighted by molar-refractivity contribution is 5.22. The number of methoxy groups -OCH3 is 1. The van der Waals surface area contributed by atoms with Gasteiger partial charge in [-0.25, -0.2) is 0 Å². The van der Waals surface area contributed by atoms with Crippen molar-refractivity contribution in [3.63, 3.8) is 0 Å². The van der Waals surface area contributed by atoms with Crippen molar-refractivity contribution in [1.29, 1.82) is 0 Å². The molecule has 0 radical (unpaired) electrons. The molecular formula is C20H26N2O3. The van der Waals surface area contributed by atoms with Crippen molar-refractivity contribution >= 4 is 0 Å². The highest BCUT2D eigenvalue weighted by atomic mass is 16.5. The van der Waals surface area contributed by atoms with Crippen LogP contribution in [0.2, 0.25) is 0 Å². The largest absolute Gasteiger partial charge is 0.462 e. The van der Waals surface area contributed by atoms with Gasteiger partial charge >= 0.3 is 0 Å². The second-order valence-corrected chi connectivity index (χ2v) is 7.55. The van der Waals surface area contributed by atoms with E-state index in [4.69, 9.17) is 9.15 Å². The van der Waals surface area contributed by atoms with Gasteiger partial charge in [-0.15, -0.1) is 0 Å². The molecule has 0 amide bonds. The lowest BCUT2D eigenvalue weighted by Gasteiger charge is -2.29. The summed E-state index contributed by atoms with van der Waals surface area (Å²) in [6.07, 6.45) is 3.72. The van der Waals surface area contributed by atoms with Gasteiger partial charge in [0, 0.05) is 32.3 Å². The number of nitrogens with zero attached hydrogens (tertiary/aromatic N) is 2. The molecule has 4 rings (SSSR count). The van der Waals surface area contributed by atoms with Crippen molar-refractivity contribution in [2.75, 3.05) is 20.2 Å². The molecule has 2 aromatic rings. The van der Waals surface area contributed by atoms with Crippen LogP contribution in [0.3, 0.4) is 0 Å². The molecule has 2 aromatic heterocycles. The third-order valence-electron chi connectivity index (χ3n) is 5.76. The van der Waals surface area contributed by atoms with Crippen LogP contribution >= 0.6 is 0 Å². The highest BCUT2D eigenvalue weighted by Gasteiger charge is 2.53. The van der Waals surface area contributed by atoms with E-state index in [1.807, 2.05) is 37.4 Å². The van der Waals surface area contributed by atoms with Gasteiger partial charge in [-0.05, 0) is 49.4 Å². The molecule has 25 heavy (non-hydrogen) atoms. The summed E-state index contributed by atoms with van der Waals surface area (Å²) in [5, 5.41) is 11.4. The Balaban J connectivity index is 1.46. The van der Waals surface area contributed by atoms with Gasteiger partial charge in [0.25, 0.3) is 0 Å². The predicted octanol–water partition coefficient (Wildman–Crippen LogP) is 2.86. The van der Waals surface area contributed by atoms with Gasteiger partial charge < -0.3 is 14.3 Å². The van der Waals surface area contributed by atoms with E-state index in [-0.39, 0.29) is 5.92 Å². The third kappa shape index (κ3) is 3.12. The standard InChI is InChI=1S/C20H26N2O3/c1-14-3-6-19(21-9-14)20(23)8-7-15-10-22(12-18(15)20)11-16-4-5-17(25-16)13-24-2/h3-6,9,15,18,23H,7-8,10-13H2,1-2H3/t15-,18+,20-/m0/s1. The Hall–Kier alpha value is -1.69. The quantitative estimate of drug-likeness (QED) is 0.905. The van der Waals surface area contributed by atoms with Gasteiger partial charge in [-0.2, -0.15) is 0 Å². The minimum absolute atomic E-state index is 0.246. The topological polar surface area (TPSA) is 58.7 Å². The van der Waals surface area contributed by atoms with Crippen LogP contribution in [0.4, 0.5) is 0 Å². The van der Waals surface area contributed by atoms with E-state index in [2.05, 4.69) is 9.88 Å². The Bertz CT molecular complexity index is 727. The van der Waals surface area contributed by atoms with E-state index in [9.17, 15) is 5.11 Å². The zero-order valence-corrected chi connectivity index (χ0v) is 14.9. The van der Waals surface area contributed by atoms with Gasteiger partial charge in [0.05, 0.1) is 12.2 Å². The van der Waals surface area contributed by atoms with E-state index in [0.29, 0.717) is 12.5 Å². The molecule has 134 valence electrons. The molecule has 1 N–H and O–H groups in total. The fraction of sp³-hybridized carbons (Fsp3) is 0.550. The molecule has 0 bridgehead atoms. The van der Waals surface area contributed by atoms with Crippen molar-refractivity contribution in [2.45, 2.75) is 38.5 Å². The smallest absolute Gasteiger partial charge is 0.129 e. The molecule has 1 aliphatic heterocycles. The monoisotopic (exact) mass is 342 g/mol. The molecule has 0 aromatic carbocycles. The fourth-order valence-corrected chi connectivity index (χ4v) is 4.50. The molecular weight excluding hydrogens is 316 g/mol. The van der Waals surface area contributed by atoms with Crippen molar-refractivity contribution in [3.8, 4) is 0 Å². The summed E-state index contributed by atoms with van der Waals surface area (Å²) < 4.78 is 10.9. The van der Waals surface area contributed by atoms with E-state index in [0.717, 1.165) is 55.3 Å². The molecule has 1 saturated carbocycles. The van der Waals surface area contributed by atoms with Crippen molar-refractivity contribution < 1.29 is 14.3 Å². The first-order chi connectivity index (χ1) is 12.1. The molecule has 0 unspecified atom stereocenters. The van der Waals surface area contributed by atoms with E-state index in [1.165, 1.54) is 0 Å². The van der Waals surface area contributed by atoms with Crippen LogP contribution in [0.25, 0.3) is 0 Å². The van der Waals surface area contributed by atoms with E-state index < -0.39 is 5.60 Å². The number of furan rings is 1. The number of fused-ring (bicyclic) bond motifs is 1. The number of aliphatic hydroxyl groups is 1. The third-order valence-corrected chi connectivity index (χ3v) is 5.76. The van der Waals surface area contributed by atoms with Crippen molar-refractivity contribution in [2.24, 2.45) is 11.8 Å². The first kappa shape index (κ1) is 16.8. The van der Waals surface area contributed by atoms with Crippen molar-refractivity contribution in [1.82, 2.24) is 9.88 Å². The normalized spacial score (nSPS) is 29.2. The Morgan fingerprint density at radius 2 is 2.12 bits per heavy atom. The zero-order valence-electron chi connectivity index (χ0n) is 14.9. The molecule has 1 aliphatic carbocycles. The lowest BCUT2D eigenvalue weighted by Crippen LogP contribution is -2.35. The molecule has 0 spiro atoms. The zero-order chi connectivity index (χ0) is 17.4. The summed E-state index contributed by atoms with van der Waals surface area (Å²) in [6.45, 7) is 5.21. The first-order valence-electron chi connectivity index (χ1n) is 9.03. The molecule has 1 saturated heterocycles. The number of rotatable bonds is 5. The Labute approximate surface area is 148 Å². The summed E-state index contributed by atoms with van der Waals surface area (Å²) in [7, 11) is 1.67. The minimum atomic E-state index is -0.794. The van der Waals surface area contributed by atoms with Gasteiger partial charge in [-0.3, -0.25) is 9.88 Å². The number of hydrogen-bond donors (Lipinski definition) is 1. The summed E-state index contributed by atoms with van der Waals surface area (Å²) >= 11 is 0. The minimum Gasteiger partial charge on any atom is -0.462 e. The number of likely N-dealkylation sites (tertiary alicyclic amines) is 1. The van der Waals surface area contributed by atoms with Crippen LogP contribution < -0.4 is 0 Å². The summed E-state index contributed by atoms with van der Waals surface area (Å²) in [5.41, 5.74) is 1.16. The average molecular weight is 342 g/mol. The van der Waals surface area contributed by atoms with Gasteiger partial charge in [0.15, 0.2) is 0 Å². The first-order valence-corrected chi connectivity index (χ1v) is 9.03. The number of hydrogen-bond acceptors (Lipinski definition) is 5. The maximum atomic E-state index is 11.4. The van der Waals surface area contributed by atoms with Crippen LogP contribution in [-0.2, 0) is 23.5 Å². The van der Waals surface area contributed by atoms with E-state index >= 15 is 0 Å². The maximum Gasteiger partial charge on any atom is 0.129 e. The predicted molar refractivity (Wildman–Crippen MR) is 93.8 cm³/mol. The maximum absolute atomic E-state index is 11.4. The van der Waals surface area contributed by atoms with Gasteiger partial charge in [-0.1, -0.05) is 6.07 Å². The molecule has 5 nitrogen and oxygen atoms in total. The van der Waals surface area contributed by atoms with Crippen LogP contribution in [-0.4, -0.2) is 35.2 Å². The van der Waals surface area contributed by atoms with Gasteiger partial charge in [0.2, 0.25) is 0 Å². The number of aryl methyl sites for hydroxylation is 1. The second kappa shape index (κ2) is 6.56. The van der Waals surface area contributed by atoms with Crippen LogP contribution in [0, 0.1) is 18.8 Å². The highest BCUT2D eigenvalue weighted by Crippen LogP contribution is 2.50. The molecule has 3 atom stereocenters. The molecule has 2 aliphatic rings. The average Bonchev–Trinajstić information content (AvgIpc) is 3.27. The van der Waals surface area contributed by atoms with Gasteiger partial charge in [0.1, 0.15) is 23.7 Å². The molecule has 5 heteroatoms. The number of pyridine rings is 1. The second-order valence-electron chi connectivity index (χ2n) is 7.55. The fourth-order valence-electron chi connectivity index (χ4n) is 4.50. The van der Waals surface area contributed by atoms with Crippen LogP contribution in [0.5, 0.6) is 0 Å². The Morgan fingerprint density at radius 3 is 2.88 bits per heavy atom. The van der Waals surface area contributed by atoms with Crippen LogP contribution in [0.15, 0.2) is 34.9 Å². The summed E-state index contributed by atoms with van der Waals surface area (Å²) in [5.74, 6) is 2.60. The molecule has 3 heterocycles. The Kier molecular flexibility index (Phi) is 4.40. The Morgan fingerprint density at radius 1 is 1.28 bits per heavy atom. The lowest BCUT2D eigenvalue weighted by molar-refractivity contribution is -0.0111. The van der Waals surface area contributed by atoms with Crippen molar-refractivity contribution in [3.05, 3.63) is 53.2 Å². The van der Waals surface area contributed by atoms with E-state index in [1.54, 1.807) is 7.11 Å². The number of aromatic nitrogens is 1. The lowest BCUT2D eigenvalue weighted by atomic mass is 9.85. The number of ether oxygens (including phenoxy) is 1. The summed E-state index contributed by atoms with van der Waals surface area (Å²) in [4.78, 5) is 6.92. The molecule has 2 fully saturated rings.